The summed E-state index contributed by atoms with van der Waals surface area (Å²) in [7, 11) is 2.13. The SMILES string of the molecule is CN1CCC(NC(=O)c2ccccc2SCc2ccccc2)CC1. The molecule has 1 heterocycles. The van der Waals surface area contributed by atoms with E-state index in [4.69, 9.17) is 0 Å². The molecule has 1 saturated heterocycles. The maximum atomic E-state index is 12.7. The fourth-order valence-electron chi connectivity index (χ4n) is 2.93. The van der Waals surface area contributed by atoms with Gasteiger partial charge in [0.25, 0.3) is 5.91 Å². The molecular formula is C20H24N2OS. The lowest BCUT2D eigenvalue weighted by atomic mass is 10.0. The smallest absolute Gasteiger partial charge is 0.252 e. The van der Waals surface area contributed by atoms with E-state index in [-0.39, 0.29) is 5.91 Å². The van der Waals surface area contributed by atoms with E-state index in [0.717, 1.165) is 42.1 Å². The monoisotopic (exact) mass is 340 g/mol. The fourth-order valence-corrected chi connectivity index (χ4v) is 3.94. The van der Waals surface area contributed by atoms with Crippen molar-refractivity contribution in [3.05, 3.63) is 65.7 Å². The molecule has 0 radical (unpaired) electrons. The number of rotatable bonds is 5. The lowest BCUT2D eigenvalue weighted by molar-refractivity contribution is 0.0914. The number of hydrogen-bond acceptors (Lipinski definition) is 3. The zero-order chi connectivity index (χ0) is 16.8. The molecule has 2 aromatic rings. The minimum atomic E-state index is 0.0562. The number of hydrogen-bond donors (Lipinski definition) is 1. The van der Waals surface area contributed by atoms with Crippen molar-refractivity contribution in [1.29, 1.82) is 0 Å². The molecule has 3 rings (SSSR count). The summed E-state index contributed by atoms with van der Waals surface area (Å²) in [4.78, 5) is 16.0. The van der Waals surface area contributed by atoms with Crippen LogP contribution in [0.25, 0.3) is 0 Å². The first-order valence-corrected chi connectivity index (χ1v) is 9.46. The molecule has 24 heavy (non-hydrogen) atoms. The molecule has 0 spiro atoms. The van der Waals surface area contributed by atoms with Crippen LogP contribution in [0.4, 0.5) is 0 Å². The van der Waals surface area contributed by atoms with Gasteiger partial charge in [-0.2, -0.15) is 0 Å². The van der Waals surface area contributed by atoms with Gasteiger partial charge < -0.3 is 10.2 Å². The number of nitrogens with one attached hydrogen (secondary N) is 1. The van der Waals surface area contributed by atoms with E-state index in [0.29, 0.717) is 6.04 Å². The summed E-state index contributed by atoms with van der Waals surface area (Å²) in [5.74, 6) is 0.931. The van der Waals surface area contributed by atoms with Gasteiger partial charge >= 0.3 is 0 Å². The Kier molecular flexibility index (Phi) is 5.94. The maximum absolute atomic E-state index is 12.7. The number of amides is 1. The zero-order valence-electron chi connectivity index (χ0n) is 14.1. The molecule has 2 aromatic carbocycles. The first-order chi connectivity index (χ1) is 11.7. The summed E-state index contributed by atoms with van der Waals surface area (Å²) >= 11 is 1.72. The van der Waals surface area contributed by atoms with Crippen LogP contribution in [0.3, 0.4) is 0 Å². The Morgan fingerprint density at radius 3 is 2.50 bits per heavy atom. The molecule has 3 nitrogen and oxygen atoms in total. The summed E-state index contributed by atoms with van der Waals surface area (Å²) in [5, 5.41) is 3.22. The van der Waals surface area contributed by atoms with Crippen LogP contribution in [0.2, 0.25) is 0 Å². The molecule has 1 amide bonds. The van der Waals surface area contributed by atoms with Crippen LogP contribution in [-0.4, -0.2) is 37.0 Å². The van der Waals surface area contributed by atoms with Crippen molar-refractivity contribution >= 4 is 17.7 Å². The second-order valence-corrected chi connectivity index (χ2v) is 7.34. The second-order valence-electron chi connectivity index (χ2n) is 6.32. The van der Waals surface area contributed by atoms with E-state index in [9.17, 15) is 4.79 Å². The van der Waals surface area contributed by atoms with Crippen LogP contribution < -0.4 is 5.32 Å². The van der Waals surface area contributed by atoms with Crippen LogP contribution in [0.5, 0.6) is 0 Å². The van der Waals surface area contributed by atoms with Gasteiger partial charge in [0, 0.05) is 16.7 Å². The van der Waals surface area contributed by atoms with E-state index in [1.807, 2.05) is 30.3 Å². The Bertz CT molecular complexity index is 666. The topological polar surface area (TPSA) is 32.3 Å². The number of benzene rings is 2. The Labute approximate surface area is 148 Å². The van der Waals surface area contributed by atoms with Crippen molar-refractivity contribution in [2.24, 2.45) is 0 Å². The average Bonchev–Trinajstić information content (AvgIpc) is 2.63. The minimum absolute atomic E-state index is 0.0562. The summed E-state index contributed by atoms with van der Waals surface area (Å²) in [5.41, 5.74) is 2.06. The van der Waals surface area contributed by atoms with Gasteiger partial charge in [0.1, 0.15) is 0 Å². The van der Waals surface area contributed by atoms with Crippen LogP contribution in [0, 0.1) is 0 Å². The number of carbonyl (C=O) groups excluding carboxylic acids is 1. The van der Waals surface area contributed by atoms with Gasteiger partial charge in [-0.1, -0.05) is 42.5 Å². The van der Waals surface area contributed by atoms with Gasteiger partial charge in [0.2, 0.25) is 0 Å². The van der Waals surface area contributed by atoms with Gasteiger partial charge in [0.15, 0.2) is 0 Å². The van der Waals surface area contributed by atoms with Gasteiger partial charge in [-0.25, -0.2) is 0 Å². The van der Waals surface area contributed by atoms with E-state index in [1.54, 1.807) is 11.8 Å². The fraction of sp³-hybridized carbons (Fsp3) is 0.350. The van der Waals surface area contributed by atoms with Crippen LogP contribution in [-0.2, 0) is 5.75 Å². The van der Waals surface area contributed by atoms with Crippen LogP contribution in [0.1, 0.15) is 28.8 Å². The average molecular weight is 340 g/mol. The number of likely N-dealkylation sites (tertiary alicyclic amines) is 1. The lowest BCUT2D eigenvalue weighted by Crippen LogP contribution is -2.43. The third-order valence-corrected chi connectivity index (χ3v) is 5.57. The third-order valence-electron chi connectivity index (χ3n) is 4.42. The summed E-state index contributed by atoms with van der Waals surface area (Å²) < 4.78 is 0. The van der Waals surface area contributed by atoms with Crippen molar-refractivity contribution in [2.75, 3.05) is 20.1 Å². The van der Waals surface area contributed by atoms with E-state index >= 15 is 0 Å². The van der Waals surface area contributed by atoms with Crippen molar-refractivity contribution in [3.8, 4) is 0 Å². The number of piperidine rings is 1. The molecule has 0 aliphatic carbocycles. The van der Waals surface area contributed by atoms with Gasteiger partial charge in [-0.05, 0) is 50.7 Å². The molecule has 4 heteroatoms. The molecule has 0 saturated carbocycles. The zero-order valence-corrected chi connectivity index (χ0v) is 14.9. The predicted octanol–water partition coefficient (Wildman–Crippen LogP) is 3.80. The first kappa shape index (κ1) is 17.1. The van der Waals surface area contributed by atoms with Gasteiger partial charge in [-0.3, -0.25) is 4.79 Å². The minimum Gasteiger partial charge on any atom is -0.349 e. The Morgan fingerprint density at radius 2 is 1.75 bits per heavy atom. The van der Waals surface area contributed by atoms with E-state index < -0.39 is 0 Å². The van der Waals surface area contributed by atoms with Crippen molar-refractivity contribution in [1.82, 2.24) is 10.2 Å². The third kappa shape index (κ3) is 4.62. The Hall–Kier alpha value is -1.78. The van der Waals surface area contributed by atoms with E-state index in [1.165, 1.54) is 5.56 Å². The highest BCUT2D eigenvalue weighted by Gasteiger charge is 2.20. The van der Waals surface area contributed by atoms with Crippen LogP contribution in [0.15, 0.2) is 59.5 Å². The summed E-state index contributed by atoms with van der Waals surface area (Å²) in [6, 6.07) is 18.6. The largest absolute Gasteiger partial charge is 0.349 e. The van der Waals surface area contributed by atoms with Gasteiger partial charge in [-0.15, -0.1) is 11.8 Å². The molecule has 0 bridgehead atoms. The molecule has 0 aromatic heterocycles. The molecule has 1 aliphatic rings. The standard InChI is InChI=1S/C20H24N2OS/c1-22-13-11-17(12-14-22)21-20(23)18-9-5-6-10-19(18)24-15-16-7-3-2-4-8-16/h2-10,17H,11-15H2,1H3,(H,21,23). The molecule has 126 valence electrons. The lowest BCUT2D eigenvalue weighted by Gasteiger charge is -2.29. The van der Waals surface area contributed by atoms with Crippen molar-refractivity contribution in [2.45, 2.75) is 29.5 Å². The first-order valence-electron chi connectivity index (χ1n) is 8.47. The molecular weight excluding hydrogens is 316 g/mol. The van der Waals surface area contributed by atoms with Crippen LogP contribution >= 0.6 is 11.8 Å². The molecule has 1 N–H and O–H groups in total. The normalized spacial score (nSPS) is 16.0. The Balaban J connectivity index is 1.63. The highest BCUT2D eigenvalue weighted by molar-refractivity contribution is 7.98. The number of thioether (sulfide) groups is 1. The van der Waals surface area contributed by atoms with Crippen molar-refractivity contribution < 1.29 is 4.79 Å². The number of nitrogens with zero attached hydrogens (tertiary/aromatic N) is 1. The predicted molar refractivity (Wildman–Crippen MR) is 100 cm³/mol. The van der Waals surface area contributed by atoms with Crippen molar-refractivity contribution in [3.63, 3.8) is 0 Å². The summed E-state index contributed by atoms with van der Waals surface area (Å²) in [6.07, 6.45) is 2.06. The quantitative estimate of drug-likeness (QED) is 0.840. The molecule has 0 atom stereocenters. The maximum Gasteiger partial charge on any atom is 0.252 e. The second kappa shape index (κ2) is 8.36. The molecule has 0 unspecified atom stereocenters. The van der Waals surface area contributed by atoms with Gasteiger partial charge in [0.05, 0.1) is 5.56 Å². The molecule has 1 aliphatic heterocycles. The Morgan fingerprint density at radius 1 is 1.08 bits per heavy atom. The summed E-state index contributed by atoms with van der Waals surface area (Å²) in [6.45, 7) is 2.10. The molecule has 1 fully saturated rings. The highest BCUT2D eigenvalue weighted by atomic mass is 32.2. The number of carbonyl (C=O) groups is 1. The van der Waals surface area contributed by atoms with E-state index in [2.05, 4.69) is 41.5 Å². The highest BCUT2D eigenvalue weighted by Crippen LogP contribution is 2.26.